The number of halogens is 2. The molecule has 0 atom stereocenters. The Balaban J connectivity index is 1.66. The van der Waals surface area contributed by atoms with E-state index in [0.29, 0.717) is 32.9 Å². The predicted octanol–water partition coefficient (Wildman–Crippen LogP) is 5.64. The molecule has 1 heterocycles. The van der Waals surface area contributed by atoms with Crippen molar-refractivity contribution in [2.75, 3.05) is 16.1 Å². The highest BCUT2D eigenvalue weighted by atomic mass is 79.9. The molecule has 172 valence electrons. The number of hydrogen-bond donors (Lipinski definition) is 3. The van der Waals surface area contributed by atoms with Gasteiger partial charge in [-0.1, -0.05) is 51.8 Å². The van der Waals surface area contributed by atoms with E-state index >= 15 is 0 Å². The molecule has 0 spiro atoms. The van der Waals surface area contributed by atoms with Crippen molar-refractivity contribution < 1.29 is 14.4 Å². The third kappa shape index (κ3) is 4.83. The lowest BCUT2D eigenvalue weighted by atomic mass is 10.2. The van der Waals surface area contributed by atoms with Gasteiger partial charge in [0.25, 0.3) is 5.91 Å². The van der Waals surface area contributed by atoms with Crippen LogP contribution in [0.2, 0.25) is 5.02 Å². The first-order chi connectivity index (χ1) is 16.2. The summed E-state index contributed by atoms with van der Waals surface area (Å²) < 4.78 is 2.11. The number of rotatable bonds is 4. The Bertz CT molecular complexity index is 1450. The molecule has 0 aliphatic rings. The second-order valence-electron chi connectivity index (χ2n) is 7.64. The summed E-state index contributed by atoms with van der Waals surface area (Å²) in [6.45, 7) is 3.62. The second kappa shape index (κ2) is 9.70. The highest BCUT2D eigenvalue weighted by Crippen LogP contribution is 2.26. The molecule has 7 nitrogen and oxygen atoms in total. The van der Waals surface area contributed by atoms with Gasteiger partial charge in [0.05, 0.1) is 5.52 Å². The van der Waals surface area contributed by atoms with E-state index < -0.39 is 17.7 Å². The Hall–Kier alpha value is -3.62. The van der Waals surface area contributed by atoms with Gasteiger partial charge in [0.15, 0.2) is 0 Å². The number of para-hydroxylation sites is 1. The molecule has 4 rings (SSSR count). The fourth-order valence-corrected chi connectivity index (χ4v) is 4.00. The second-order valence-corrected chi connectivity index (χ2v) is 8.97. The van der Waals surface area contributed by atoms with Crippen LogP contribution in [0.15, 0.2) is 71.2 Å². The fraction of sp³-hybridized carbons (Fsp3) is 0.0800. The number of benzene rings is 3. The molecule has 0 saturated carbocycles. The maximum absolute atomic E-state index is 13.2. The average Bonchev–Trinajstić information content (AvgIpc) is 3.15. The first-order valence-electron chi connectivity index (χ1n) is 10.3. The van der Waals surface area contributed by atoms with Crippen molar-refractivity contribution in [3.05, 3.63) is 93.0 Å². The number of aromatic nitrogens is 1. The van der Waals surface area contributed by atoms with Gasteiger partial charge in [-0.15, -0.1) is 0 Å². The molecule has 0 aliphatic carbocycles. The van der Waals surface area contributed by atoms with Gasteiger partial charge >= 0.3 is 11.8 Å². The Morgan fingerprint density at radius 3 is 2.35 bits per heavy atom. The molecule has 0 unspecified atom stereocenters. The number of carbonyl (C=O) groups excluding carboxylic acids is 3. The van der Waals surface area contributed by atoms with Gasteiger partial charge in [0, 0.05) is 26.3 Å². The third-order valence-corrected chi connectivity index (χ3v) is 6.23. The maximum atomic E-state index is 13.2. The van der Waals surface area contributed by atoms with E-state index in [1.54, 1.807) is 55.5 Å². The molecule has 0 bridgehead atoms. The Morgan fingerprint density at radius 1 is 0.853 bits per heavy atom. The highest BCUT2D eigenvalue weighted by Gasteiger charge is 2.22. The molecule has 34 heavy (non-hydrogen) atoms. The van der Waals surface area contributed by atoms with Crippen LogP contribution >= 0.6 is 27.5 Å². The van der Waals surface area contributed by atoms with Crippen LogP contribution in [0.4, 0.5) is 11.4 Å². The van der Waals surface area contributed by atoms with Gasteiger partial charge in [-0.25, -0.2) is 4.68 Å². The van der Waals surface area contributed by atoms with Crippen LogP contribution in [0.25, 0.3) is 10.9 Å². The largest absolute Gasteiger partial charge is 0.328 e. The van der Waals surface area contributed by atoms with Crippen molar-refractivity contribution in [1.29, 1.82) is 0 Å². The van der Waals surface area contributed by atoms with Crippen molar-refractivity contribution in [3.8, 4) is 0 Å². The number of carbonyl (C=O) groups is 3. The molecule has 1 aromatic heterocycles. The molecule has 9 heteroatoms. The minimum Gasteiger partial charge on any atom is -0.320 e. The van der Waals surface area contributed by atoms with E-state index in [4.69, 9.17) is 11.6 Å². The summed E-state index contributed by atoms with van der Waals surface area (Å²) in [7, 11) is 0. The average molecular weight is 540 g/mol. The zero-order valence-corrected chi connectivity index (χ0v) is 20.6. The lowest BCUT2D eigenvalue weighted by Gasteiger charge is -2.14. The van der Waals surface area contributed by atoms with Crippen LogP contribution in [0.3, 0.4) is 0 Å². The summed E-state index contributed by atoms with van der Waals surface area (Å²) in [5.74, 6) is -2.25. The fourth-order valence-electron chi connectivity index (χ4n) is 3.45. The molecule has 4 aromatic rings. The highest BCUT2D eigenvalue weighted by molar-refractivity contribution is 9.10. The molecule has 0 fully saturated rings. The molecular formula is C25H20BrClN4O3. The minimum atomic E-state index is -0.920. The summed E-state index contributed by atoms with van der Waals surface area (Å²) in [5.41, 5.74) is 5.84. The zero-order chi connectivity index (χ0) is 24.4. The normalized spacial score (nSPS) is 10.7. The number of aryl methyl sites for hydroxylation is 1. The number of nitrogens with one attached hydrogen (secondary N) is 3. The summed E-state index contributed by atoms with van der Waals surface area (Å²) in [4.78, 5) is 38.5. The van der Waals surface area contributed by atoms with E-state index in [1.165, 1.54) is 4.68 Å². The van der Waals surface area contributed by atoms with Gasteiger partial charge in [-0.3, -0.25) is 19.8 Å². The SMILES string of the molecule is Cc1ccccc1NC(=O)C(=O)Nn1c(C(=O)Nc2cccc(Cl)c2C)cc2cc(Br)ccc21. The first kappa shape index (κ1) is 23.5. The molecule has 3 aromatic carbocycles. The lowest BCUT2D eigenvalue weighted by Crippen LogP contribution is -2.36. The van der Waals surface area contributed by atoms with Crippen LogP contribution in [0.1, 0.15) is 21.6 Å². The van der Waals surface area contributed by atoms with Crippen molar-refractivity contribution >= 4 is 67.5 Å². The van der Waals surface area contributed by atoms with E-state index in [-0.39, 0.29) is 5.69 Å². The van der Waals surface area contributed by atoms with E-state index in [0.717, 1.165) is 10.0 Å². The van der Waals surface area contributed by atoms with Crippen LogP contribution in [0.5, 0.6) is 0 Å². The lowest BCUT2D eigenvalue weighted by molar-refractivity contribution is -0.133. The van der Waals surface area contributed by atoms with Gasteiger partial charge < -0.3 is 10.6 Å². The number of nitrogens with zero attached hydrogens (tertiary/aromatic N) is 1. The topological polar surface area (TPSA) is 92.2 Å². The van der Waals surface area contributed by atoms with Gasteiger partial charge in [0.1, 0.15) is 5.69 Å². The van der Waals surface area contributed by atoms with Crippen molar-refractivity contribution in [1.82, 2.24) is 4.68 Å². The van der Waals surface area contributed by atoms with Gasteiger partial charge in [0.2, 0.25) is 0 Å². The number of fused-ring (bicyclic) bond motifs is 1. The number of amides is 3. The van der Waals surface area contributed by atoms with Gasteiger partial charge in [-0.2, -0.15) is 0 Å². The zero-order valence-electron chi connectivity index (χ0n) is 18.3. The molecule has 0 saturated heterocycles. The molecular weight excluding hydrogens is 520 g/mol. The summed E-state index contributed by atoms with van der Waals surface area (Å²) >= 11 is 9.59. The standard InChI is InChI=1S/C25H20BrClN4O3/c1-14-6-3-4-8-19(14)28-24(33)25(34)30-31-21-11-10-17(26)12-16(21)13-22(31)23(32)29-20-9-5-7-18(27)15(20)2/h3-13H,1-2H3,(H,28,33)(H,29,32)(H,30,34). The van der Waals surface area contributed by atoms with Crippen molar-refractivity contribution in [2.24, 2.45) is 0 Å². The maximum Gasteiger partial charge on any atom is 0.328 e. The Labute approximate surface area is 209 Å². The first-order valence-corrected chi connectivity index (χ1v) is 11.5. The van der Waals surface area contributed by atoms with E-state index in [1.807, 2.05) is 25.1 Å². The predicted molar refractivity (Wildman–Crippen MR) is 138 cm³/mol. The molecule has 3 amide bonds. The molecule has 3 N–H and O–H groups in total. The van der Waals surface area contributed by atoms with Crippen LogP contribution in [0, 0.1) is 13.8 Å². The van der Waals surface area contributed by atoms with E-state index in [9.17, 15) is 14.4 Å². The van der Waals surface area contributed by atoms with Crippen molar-refractivity contribution in [3.63, 3.8) is 0 Å². The van der Waals surface area contributed by atoms with Crippen LogP contribution in [-0.2, 0) is 9.59 Å². The number of hydrogen-bond acceptors (Lipinski definition) is 3. The monoisotopic (exact) mass is 538 g/mol. The summed E-state index contributed by atoms with van der Waals surface area (Å²) in [6, 6.07) is 19.3. The molecule has 0 radical (unpaired) electrons. The van der Waals surface area contributed by atoms with Crippen LogP contribution < -0.4 is 16.1 Å². The summed E-state index contributed by atoms with van der Waals surface area (Å²) in [6.07, 6.45) is 0. The van der Waals surface area contributed by atoms with Gasteiger partial charge in [-0.05, 0) is 67.4 Å². The smallest absolute Gasteiger partial charge is 0.320 e. The Kier molecular flexibility index (Phi) is 6.72. The minimum absolute atomic E-state index is 0.143. The summed E-state index contributed by atoms with van der Waals surface area (Å²) in [5, 5.41) is 6.63. The number of anilines is 2. The Morgan fingerprint density at radius 2 is 1.59 bits per heavy atom. The quantitative estimate of drug-likeness (QED) is 0.293. The van der Waals surface area contributed by atoms with Crippen LogP contribution in [-0.4, -0.2) is 22.4 Å². The molecule has 0 aliphatic heterocycles. The van der Waals surface area contributed by atoms with Crippen molar-refractivity contribution in [2.45, 2.75) is 13.8 Å². The third-order valence-electron chi connectivity index (χ3n) is 5.32. The van der Waals surface area contributed by atoms with E-state index in [2.05, 4.69) is 32.0 Å².